The number of alkyl halides is 1. The van der Waals surface area contributed by atoms with Crippen LogP contribution in [0.3, 0.4) is 0 Å². The van der Waals surface area contributed by atoms with Crippen molar-refractivity contribution in [2.45, 2.75) is 85.7 Å². The number of rotatable bonds is 13. The number of carbonyl (C=O) groups excluding carboxylic acids is 3. The number of nitrogens with zero attached hydrogens (tertiary/aromatic N) is 2. The molecule has 1 N–H and O–H groups in total. The Kier molecular flexibility index (Phi) is 9.77. The van der Waals surface area contributed by atoms with Gasteiger partial charge in [-0.3, -0.25) is 14.4 Å². The lowest BCUT2D eigenvalue weighted by Gasteiger charge is -2.42. The molecular weight excluding hydrogens is 544 g/mol. The van der Waals surface area contributed by atoms with E-state index in [1.165, 1.54) is 0 Å². The fourth-order valence-electron chi connectivity index (χ4n) is 5.98. The summed E-state index contributed by atoms with van der Waals surface area (Å²) in [7, 11) is 0. The SMILES string of the molecule is C=CCCOC(=O)[C@H]1[C@@H]2SC3(CC2Br)C(C(=O)N(CC=C)C(C)(C)C)N(CCCCCCO)C(=O)[C@H]13. The molecule has 0 aromatic rings. The highest BCUT2D eigenvalue weighted by atomic mass is 79.9. The lowest BCUT2D eigenvalue weighted by atomic mass is 9.71. The maximum atomic E-state index is 14.3. The van der Waals surface area contributed by atoms with Crippen LogP contribution < -0.4 is 0 Å². The lowest BCUT2D eigenvalue weighted by Crippen LogP contribution is -2.59. The highest BCUT2D eigenvalue weighted by Gasteiger charge is 2.76. The molecule has 0 aromatic carbocycles. The van der Waals surface area contributed by atoms with E-state index in [1.807, 2.05) is 20.8 Å². The zero-order chi connectivity index (χ0) is 26.7. The fraction of sp³-hybridized carbons (Fsp3) is 0.741. The van der Waals surface area contributed by atoms with Gasteiger partial charge in [0.25, 0.3) is 0 Å². The number of amides is 2. The van der Waals surface area contributed by atoms with Gasteiger partial charge in [0.15, 0.2) is 0 Å². The van der Waals surface area contributed by atoms with Gasteiger partial charge in [-0.25, -0.2) is 0 Å². The molecule has 0 saturated carbocycles. The van der Waals surface area contributed by atoms with Crippen LogP contribution in [-0.2, 0) is 19.1 Å². The summed E-state index contributed by atoms with van der Waals surface area (Å²) in [5.41, 5.74) is -0.450. The van der Waals surface area contributed by atoms with E-state index < -0.39 is 28.2 Å². The molecule has 3 aliphatic heterocycles. The number of carbonyl (C=O) groups is 3. The zero-order valence-corrected chi connectivity index (χ0v) is 24.2. The number of aliphatic hydroxyl groups excluding tert-OH is 1. The minimum absolute atomic E-state index is 0.0193. The van der Waals surface area contributed by atoms with Crippen LogP contribution in [0.5, 0.6) is 0 Å². The Labute approximate surface area is 228 Å². The van der Waals surface area contributed by atoms with Crippen molar-refractivity contribution in [2.24, 2.45) is 11.8 Å². The first-order chi connectivity index (χ1) is 17.0. The van der Waals surface area contributed by atoms with Gasteiger partial charge in [-0.05, 0) is 46.5 Å². The summed E-state index contributed by atoms with van der Waals surface area (Å²) in [6.07, 6.45) is 7.83. The van der Waals surface area contributed by atoms with E-state index in [9.17, 15) is 14.4 Å². The second kappa shape index (κ2) is 12.0. The fourth-order valence-corrected chi connectivity index (χ4v) is 9.57. The molecule has 3 heterocycles. The number of hydrogen-bond acceptors (Lipinski definition) is 6. The molecule has 3 saturated heterocycles. The first-order valence-electron chi connectivity index (χ1n) is 13.0. The molecule has 3 unspecified atom stereocenters. The molecule has 2 bridgehead atoms. The quantitative estimate of drug-likeness (QED) is 0.153. The molecule has 0 aromatic heterocycles. The maximum Gasteiger partial charge on any atom is 0.310 e. The standard InChI is InChI=1S/C27H41BrN2O5S/c1-6-8-16-35-25(34)19-20-23(32)29(14-11-9-10-12-15-31)22(27(20)17-18(28)21(19)36-27)24(33)30(13-7-2)26(3,4)5/h6-7,18-22,31H,1-2,8-17H2,3-5H3/t18?,19-,20+,21-,22?,27?/m1/s1. The first-order valence-corrected chi connectivity index (χ1v) is 14.8. The number of esters is 1. The van der Waals surface area contributed by atoms with Crippen molar-refractivity contribution in [2.75, 3.05) is 26.3 Å². The van der Waals surface area contributed by atoms with Crippen molar-refractivity contribution in [1.82, 2.24) is 9.80 Å². The predicted molar refractivity (Wildman–Crippen MR) is 147 cm³/mol. The van der Waals surface area contributed by atoms with Crippen LogP contribution in [0.1, 0.15) is 59.3 Å². The summed E-state index contributed by atoms with van der Waals surface area (Å²) in [5, 5.41) is 8.99. The van der Waals surface area contributed by atoms with Crippen molar-refractivity contribution in [3.63, 3.8) is 0 Å². The van der Waals surface area contributed by atoms with Crippen molar-refractivity contribution in [3.05, 3.63) is 25.3 Å². The van der Waals surface area contributed by atoms with Crippen molar-refractivity contribution in [1.29, 1.82) is 0 Å². The Balaban J connectivity index is 1.98. The number of thioether (sulfide) groups is 1. The highest BCUT2D eigenvalue weighted by molar-refractivity contribution is 9.09. The lowest BCUT2D eigenvalue weighted by molar-refractivity contribution is -0.154. The Hall–Kier alpha value is -1.32. The van der Waals surface area contributed by atoms with Gasteiger partial charge in [0, 0.05) is 35.3 Å². The van der Waals surface area contributed by atoms with Crippen molar-refractivity contribution >= 4 is 45.5 Å². The van der Waals surface area contributed by atoms with Gasteiger partial charge in [-0.2, -0.15) is 0 Å². The summed E-state index contributed by atoms with van der Waals surface area (Å²) in [6, 6.07) is -0.645. The Bertz CT molecular complexity index is 862. The maximum absolute atomic E-state index is 14.3. The third kappa shape index (κ3) is 5.44. The molecule has 202 valence electrons. The Morgan fingerprint density at radius 1 is 1.25 bits per heavy atom. The molecule has 0 radical (unpaired) electrons. The van der Waals surface area contributed by atoms with Gasteiger partial charge in [-0.1, -0.05) is 40.9 Å². The van der Waals surface area contributed by atoms with Crippen LogP contribution in [0.25, 0.3) is 0 Å². The zero-order valence-electron chi connectivity index (χ0n) is 21.8. The van der Waals surface area contributed by atoms with Crippen LogP contribution in [-0.4, -0.2) is 85.4 Å². The molecule has 0 aliphatic carbocycles. The number of likely N-dealkylation sites (tertiary alicyclic amines) is 1. The third-order valence-corrected chi connectivity index (χ3v) is 10.8. The molecule has 7 nitrogen and oxygen atoms in total. The van der Waals surface area contributed by atoms with Gasteiger partial charge < -0.3 is 19.6 Å². The van der Waals surface area contributed by atoms with Gasteiger partial charge in [-0.15, -0.1) is 24.9 Å². The summed E-state index contributed by atoms with van der Waals surface area (Å²) in [5.74, 6) is -1.70. The van der Waals surface area contributed by atoms with Crippen LogP contribution in [0, 0.1) is 11.8 Å². The molecule has 3 aliphatic rings. The average Bonchev–Trinajstić information content (AvgIpc) is 3.40. The van der Waals surface area contributed by atoms with E-state index in [1.54, 1.807) is 33.7 Å². The normalized spacial score (nSPS) is 30.9. The molecule has 3 rings (SSSR count). The second-order valence-electron chi connectivity index (χ2n) is 11.0. The second-order valence-corrected chi connectivity index (χ2v) is 13.7. The largest absolute Gasteiger partial charge is 0.465 e. The van der Waals surface area contributed by atoms with E-state index in [0.717, 1.165) is 25.7 Å². The van der Waals surface area contributed by atoms with Gasteiger partial charge in [0.1, 0.15) is 6.04 Å². The summed E-state index contributed by atoms with van der Waals surface area (Å²) in [6.45, 7) is 14.7. The minimum Gasteiger partial charge on any atom is -0.465 e. The number of halogens is 1. The summed E-state index contributed by atoms with van der Waals surface area (Å²) >= 11 is 5.42. The van der Waals surface area contributed by atoms with E-state index in [0.29, 0.717) is 25.9 Å². The van der Waals surface area contributed by atoms with E-state index >= 15 is 0 Å². The van der Waals surface area contributed by atoms with Crippen molar-refractivity contribution < 1.29 is 24.2 Å². The molecule has 3 fully saturated rings. The van der Waals surface area contributed by atoms with Gasteiger partial charge >= 0.3 is 5.97 Å². The predicted octanol–water partition coefficient (Wildman–Crippen LogP) is 3.94. The van der Waals surface area contributed by atoms with Crippen LogP contribution in [0.2, 0.25) is 0 Å². The summed E-state index contributed by atoms with van der Waals surface area (Å²) < 4.78 is 4.89. The van der Waals surface area contributed by atoms with Crippen LogP contribution >= 0.6 is 27.7 Å². The van der Waals surface area contributed by atoms with Crippen LogP contribution in [0.4, 0.5) is 0 Å². The van der Waals surface area contributed by atoms with Crippen molar-refractivity contribution in [3.8, 4) is 0 Å². The first kappa shape index (κ1) is 29.2. The molecule has 9 heteroatoms. The monoisotopic (exact) mass is 584 g/mol. The number of aliphatic hydroxyl groups is 1. The molecule has 6 atom stereocenters. The van der Waals surface area contributed by atoms with E-state index in [-0.39, 0.29) is 41.1 Å². The minimum atomic E-state index is -0.676. The smallest absolute Gasteiger partial charge is 0.310 e. The van der Waals surface area contributed by atoms with Gasteiger partial charge in [0.05, 0.1) is 23.2 Å². The highest BCUT2D eigenvalue weighted by Crippen LogP contribution is 2.68. The Morgan fingerprint density at radius 2 is 1.94 bits per heavy atom. The molecular formula is C27H41BrN2O5S. The number of fused-ring (bicyclic) bond motifs is 1. The Morgan fingerprint density at radius 3 is 2.56 bits per heavy atom. The molecule has 2 amide bonds. The van der Waals surface area contributed by atoms with E-state index in [2.05, 4.69) is 29.1 Å². The molecule has 1 spiro atoms. The topological polar surface area (TPSA) is 87.2 Å². The summed E-state index contributed by atoms with van der Waals surface area (Å²) in [4.78, 5) is 45.2. The number of hydrogen-bond donors (Lipinski definition) is 1. The van der Waals surface area contributed by atoms with E-state index in [4.69, 9.17) is 9.84 Å². The average molecular weight is 586 g/mol. The number of unbranched alkanes of at least 4 members (excludes halogenated alkanes) is 3. The molecule has 36 heavy (non-hydrogen) atoms. The number of ether oxygens (including phenoxy) is 1. The third-order valence-electron chi connectivity index (χ3n) is 7.56. The van der Waals surface area contributed by atoms with Crippen LogP contribution in [0.15, 0.2) is 25.3 Å². The van der Waals surface area contributed by atoms with Gasteiger partial charge in [0.2, 0.25) is 11.8 Å².